The largest absolute Gasteiger partial charge is 0.378 e. The lowest BCUT2D eigenvalue weighted by Crippen LogP contribution is -2.55. The smallest absolute Gasteiger partial charge is 0.254 e. The lowest BCUT2D eigenvalue weighted by molar-refractivity contribution is -0.141. The molecule has 5 heteroatoms. The fourth-order valence-corrected chi connectivity index (χ4v) is 3.69. The van der Waals surface area contributed by atoms with E-state index in [9.17, 15) is 9.59 Å². The van der Waals surface area contributed by atoms with Crippen LogP contribution in [0.2, 0.25) is 0 Å². The molecule has 2 heterocycles. The summed E-state index contributed by atoms with van der Waals surface area (Å²) in [5.41, 5.74) is 2.84. The first-order chi connectivity index (χ1) is 11.6. The van der Waals surface area contributed by atoms with Crippen molar-refractivity contribution in [3.05, 3.63) is 34.9 Å². The number of piperidine rings is 1. The Bertz CT molecular complexity index is 603. The Morgan fingerprint density at radius 1 is 1.00 bits per heavy atom. The van der Waals surface area contributed by atoms with E-state index in [1.165, 1.54) is 0 Å². The zero-order valence-electron chi connectivity index (χ0n) is 14.6. The highest BCUT2D eigenvalue weighted by molar-refractivity contribution is 5.98. The molecule has 5 nitrogen and oxygen atoms in total. The number of carbonyl (C=O) groups excluding carboxylic acids is 2. The lowest BCUT2D eigenvalue weighted by atomic mass is 9.98. The molecular formula is C19H26N2O3. The number of benzene rings is 1. The fourth-order valence-electron chi connectivity index (χ4n) is 3.69. The van der Waals surface area contributed by atoms with E-state index in [0.29, 0.717) is 38.4 Å². The molecule has 0 saturated carbocycles. The van der Waals surface area contributed by atoms with Gasteiger partial charge in [-0.15, -0.1) is 0 Å². The number of nitrogens with zero attached hydrogens (tertiary/aromatic N) is 2. The number of aryl methyl sites for hydroxylation is 2. The van der Waals surface area contributed by atoms with Gasteiger partial charge in [0.05, 0.1) is 13.2 Å². The predicted molar refractivity (Wildman–Crippen MR) is 92.0 cm³/mol. The van der Waals surface area contributed by atoms with Gasteiger partial charge in [0.1, 0.15) is 6.04 Å². The number of rotatable bonds is 2. The number of carbonyl (C=O) groups is 2. The molecule has 0 unspecified atom stereocenters. The Morgan fingerprint density at radius 3 is 2.33 bits per heavy atom. The highest BCUT2D eigenvalue weighted by atomic mass is 16.5. The van der Waals surface area contributed by atoms with Crippen LogP contribution in [0.5, 0.6) is 0 Å². The van der Waals surface area contributed by atoms with E-state index >= 15 is 0 Å². The van der Waals surface area contributed by atoms with Crippen LogP contribution < -0.4 is 0 Å². The molecule has 0 N–H and O–H groups in total. The summed E-state index contributed by atoms with van der Waals surface area (Å²) in [7, 11) is 0. The first kappa shape index (κ1) is 17.0. The third-order valence-corrected chi connectivity index (χ3v) is 4.84. The zero-order chi connectivity index (χ0) is 17.1. The van der Waals surface area contributed by atoms with Gasteiger partial charge >= 0.3 is 0 Å². The summed E-state index contributed by atoms with van der Waals surface area (Å²) in [5, 5.41) is 0. The lowest BCUT2D eigenvalue weighted by Gasteiger charge is -2.38. The number of amides is 2. The van der Waals surface area contributed by atoms with Crippen molar-refractivity contribution in [2.24, 2.45) is 0 Å². The summed E-state index contributed by atoms with van der Waals surface area (Å²) in [6, 6.07) is 5.56. The average molecular weight is 330 g/mol. The number of ether oxygens (including phenoxy) is 1. The molecule has 130 valence electrons. The molecule has 2 amide bonds. The van der Waals surface area contributed by atoms with Gasteiger partial charge in [-0.2, -0.15) is 0 Å². The van der Waals surface area contributed by atoms with Crippen molar-refractivity contribution >= 4 is 11.8 Å². The van der Waals surface area contributed by atoms with Gasteiger partial charge in [-0.1, -0.05) is 17.2 Å². The van der Waals surface area contributed by atoms with Gasteiger partial charge in [-0.05, 0) is 45.2 Å². The molecule has 1 aromatic carbocycles. The monoisotopic (exact) mass is 330 g/mol. The van der Waals surface area contributed by atoms with Crippen molar-refractivity contribution in [1.29, 1.82) is 0 Å². The van der Waals surface area contributed by atoms with Crippen LogP contribution in [0.25, 0.3) is 0 Å². The Hall–Kier alpha value is -1.88. The molecule has 3 rings (SSSR count). The third-order valence-electron chi connectivity index (χ3n) is 4.84. The number of likely N-dealkylation sites (tertiary alicyclic amines) is 1. The van der Waals surface area contributed by atoms with Crippen molar-refractivity contribution in [3.63, 3.8) is 0 Å². The molecule has 24 heavy (non-hydrogen) atoms. The van der Waals surface area contributed by atoms with E-state index in [0.717, 1.165) is 30.4 Å². The van der Waals surface area contributed by atoms with E-state index in [-0.39, 0.29) is 17.9 Å². The van der Waals surface area contributed by atoms with Gasteiger partial charge in [0.2, 0.25) is 5.91 Å². The van der Waals surface area contributed by atoms with Crippen LogP contribution in [0.3, 0.4) is 0 Å². The number of morpholine rings is 1. The Morgan fingerprint density at radius 2 is 1.67 bits per heavy atom. The van der Waals surface area contributed by atoms with Gasteiger partial charge in [-0.25, -0.2) is 0 Å². The van der Waals surface area contributed by atoms with Crippen LogP contribution >= 0.6 is 0 Å². The maximum absolute atomic E-state index is 13.0. The van der Waals surface area contributed by atoms with Crippen molar-refractivity contribution in [2.75, 3.05) is 32.8 Å². The molecule has 2 aliphatic rings. The van der Waals surface area contributed by atoms with E-state index in [1.54, 1.807) is 4.90 Å². The van der Waals surface area contributed by atoms with Gasteiger partial charge in [0.15, 0.2) is 0 Å². The van der Waals surface area contributed by atoms with Crippen LogP contribution in [-0.2, 0) is 9.53 Å². The molecule has 1 atom stereocenters. The zero-order valence-corrected chi connectivity index (χ0v) is 14.6. The van der Waals surface area contributed by atoms with Crippen molar-refractivity contribution in [2.45, 2.75) is 39.2 Å². The van der Waals surface area contributed by atoms with E-state index in [4.69, 9.17) is 4.74 Å². The summed E-state index contributed by atoms with van der Waals surface area (Å²) >= 11 is 0. The average Bonchev–Trinajstić information content (AvgIpc) is 2.60. The van der Waals surface area contributed by atoms with Gasteiger partial charge in [0.25, 0.3) is 5.91 Å². The molecule has 0 aliphatic carbocycles. The minimum Gasteiger partial charge on any atom is -0.378 e. The molecule has 0 bridgehead atoms. The van der Waals surface area contributed by atoms with E-state index < -0.39 is 0 Å². The van der Waals surface area contributed by atoms with E-state index in [1.807, 2.05) is 30.9 Å². The molecule has 2 saturated heterocycles. The Labute approximate surface area is 143 Å². The topological polar surface area (TPSA) is 49.9 Å². The highest BCUT2D eigenvalue weighted by Gasteiger charge is 2.35. The maximum atomic E-state index is 13.0. The van der Waals surface area contributed by atoms with Gasteiger partial charge < -0.3 is 14.5 Å². The van der Waals surface area contributed by atoms with Crippen LogP contribution in [0.15, 0.2) is 18.2 Å². The molecular weight excluding hydrogens is 304 g/mol. The number of hydrogen-bond donors (Lipinski definition) is 0. The SMILES string of the molecule is Cc1cc(C)cc(C(=O)N2CCCC[C@H]2C(=O)N2CCOCC2)c1. The summed E-state index contributed by atoms with van der Waals surface area (Å²) in [6.45, 7) is 7.08. The van der Waals surface area contributed by atoms with Crippen molar-refractivity contribution in [3.8, 4) is 0 Å². The molecule has 2 fully saturated rings. The molecule has 0 radical (unpaired) electrons. The van der Waals surface area contributed by atoms with Crippen LogP contribution in [0.1, 0.15) is 40.7 Å². The summed E-state index contributed by atoms with van der Waals surface area (Å²) in [6.07, 6.45) is 2.72. The van der Waals surface area contributed by atoms with Crippen LogP contribution in [0.4, 0.5) is 0 Å². The first-order valence-corrected chi connectivity index (χ1v) is 8.82. The second kappa shape index (κ2) is 7.34. The number of hydrogen-bond acceptors (Lipinski definition) is 3. The molecule has 2 aliphatic heterocycles. The normalized spacial score (nSPS) is 21.7. The highest BCUT2D eigenvalue weighted by Crippen LogP contribution is 2.23. The quantitative estimate of drug-likeness (QED) is 0.835. The van der Waals surface area contributed by atoms with Gasteiger partial charge in [-0.3, -0.25) is 9.59 Å². The summed E-state index contributed by atoms with van der Waals surface area (Å²) in [5.74, 6) is 0.0591. The third kappa shape index (κ3) is 3.61. The second-order valence-corrected chi connectivity index (χ2v) is 6.82. The van der Waals surface area contributed by atoms with Crippen LogP contribution in [0, 0.1) is 13.8 Å². The Balaban J connectivity index is 1.80. The minimum atomic E-state index is -0.329. The van der Waals surface area contributed by atoms with Crippen LogP contribution in [-0.4, -0.2) is 60.5 Å². The summed E-state index contributed by atoms with van der Waals surface area (Å²) in [4.78, 5) is 29.6. The maximum Gasteiger partial charge on any atom is 0.254 e. The predicted octanol–water partition coefficient (Wildman–Crippen LogP) is 2.16. The molecule has 0 aromatic heterocycles. The standard InChI is InChI=1S/C19H26N2O3/c1-14-11-15(2)13-16(12-14)18(22)21-6-4-3-5-17(21)19(23)20-7-9-24-10-8-20/h11-13,17H,3-10H2,1-2H3/t17-/m0/s1. The fraction of sp³-hybridized carbons (Fsp3) is 0.579. The summed E-state index contributed by atoms with van der Waals surface area (Å²) < 4.78 is 5.33. The first-order valence-electron chi connectivity index (χ1n) is 8.82. The minimum absolute atomic E-state index is 0.0203. The second-order valence-electron chi connectivity index (χ2n) is 6.82. The van der Waals surface area contributed by atoms with Gasteiger partial charge in [0, 0.05) is 25.2 Å². The van der Waals surface area contributed by atoms with Crippen molar-refractivity contribution in [1.82, 2.24) is 9.80 Å². The molecule has 1 aromatic rings. The van der Waals surface area contributed by atoms with E-state index in [2.05, 4.69) is 6.07 Å². The van der Waals surface area contributed by atoms with Crippen molar-refractivity contribution < 1.29 is 14.3 Å². The molecule has 0 spiro atoms. The Kier molecular flexibility index (Phi) is 5.19.